The molecule has 0 radical (unpaired) electrons. The molecule has 7 heteroatoms. The Hall–Kier alpha value is -1.37. The molecule has 0 aromatic carbocycles. The smallest absolute Gasteiger partial charge is 0.307 e. The zero-order valence-corrected chi connectivity index (χ0v) is 11.3. The van der Waals surface area contributed by atoms with E-state index in [0.717, 1.165) is 0 Å². The highest BCUT2D eigenvalue weighted by Gasteiger charge is 2.13. The van der Waals surface area contributed by atoms with Crippen molar-refractivity contribution in [1.82, 2.24) is 9.97 Å². The Morgan fingerprint density at radius 2 is 2.35 bits per heavy atom. The van der Waals surface area contributed by atoms with Crippen molar-refractivity contribution in [2.45, 2.75) is 13.3 Å². The number of methoxy groups -OCH3 is 1. The third-order valence-corrected chi connectivity index (χ3v) is 2.99. The third-order valence-electron chi connectivity index (χ3n) is 2.27. The Bertz CT molecular complexity index is 447. The second kappa shape index (κ2) is 6.39. The molecule has 1 aromatic heterocycles. The van der Waals surface area contributed by atoms with E-state index < -0.39 is 0 Å². The van der Waals surface area contributed by atoms with Crippen molar-refractivity contribution in [1.29, 1.82) is 0 Å². The van der Waals surface area contributed by atoms with Crippen LogP contribution in [-0.4, -0.2) is 36.1 Å². The van der Waals surface area contributed by atoms with Crippen LogP contribution in [0, 0.1) is 0 Å². The van der Waals surface area contributed by atoms with Gasteiger partial charge in [0, 0.05) is 13.1 Å². The van der Waals surface area contributed by atoms with Crippen LogP contribution in [0.15, 0.2) is 15.6 Å². The van der Waals surface area contributed by atoms with Gasteiger partial charge in [-0.15, -0.1) is 0 Å². The molecule has 1 rings (SSSR count). The Morgan fingerprint density at radius 1 is 1.65 bits per heavy atom. The van der Waals surface area contributed by atoms with Crippen LogP contribution < -0.4 is 10.5 Å². The highest BCUT2D eigenvalue weighted by molar-refractivity contribution is 9.10. The molecular formula is C10H14BrN3O3. The summed E-state index contributed by atoms with van der Waals surface area (Å²) in [7, 11) is 1.35. The van der Waals surface area contributed by atoms with Gasteiger partial charge in [0.05, 0.1) is 19.9 Å². The molecule has 0 aliphatic heterocycles. The molecule has 0 aliphatic rings. The summed E-state index contributed by atoms with van der Waals surface area (Å²) in [5.74, 6) is 0.240. The average Bonchev–Trinajstić information content (AvgIpc) is 2.34. The molecule has 17 heavy (non-hydrogen) atoms. The van der Waals surface area contributed by atoms with Gasteiger partial charge in [0.2, 0.25) is 0 Å². The summed E-state index contributed by atoms with van der Waals surface area (Å²) in [5.41, 5.74) is -0.244. The minimum atomic E-state index is -0.288. The fourth-order valence-corrected chi connectivity index (χ4v) is 1.80. The number of nitrogens with zero attached hydrogens (tertiary/aromatic N) is 2. The quantitative estimate of drug-likeness (QED) is 0.819. The van der Waals surface area contributed by atoms with E-state index in [1.54, 1.807) is 0 Å². The SMILES string of the molecule is CCN(CCC(=O)OC)c1nc[nH]c(=O)c1Br. The van der Waals surface area contributed by atoms with Crippen LogP contribution in [0.1, 0.15) is 13.3 Å². The van der Waals surface area contributed by atoms with E-state index in [1.807, 2.05) is 11.8 Å². The Labute approximate surface area is 107 Å². The summed E-state index contributed by atoms with van der Waals surface area (Å²) in [6.07, 6.45) is 1.59. The largest absolute Gasteiger partial charge is 0.469 e. The molecule has 0 spiro atoms. The number of aromatic amines is 1. The predicted octanol–water partition coefficient (Wildman–Crippen LogP) is 0.922. The number of H-pyrrole nitrogens is 1. The lowest BCUT2D eigenvalue weighted by molar-refractivity contribution is -0.140. The number of esters is 1. The van der Waals surface area contributed by atoms with Crippen LogP contribution in [0.25, 0.3) is 0 Å². The summed E-state index contributed by atoms with van der Waals surface area (Å²) in [4.78, 5) is 30.8. The lowest BCUT2D eigenvalue weighted by Gasteiger charge is -2.21. The Kier molecular flexibility index (Phi) is 5.14. The first kappa shape index (κ1) is 13.7. The molecule has 0 fully saturated rings. The molecule has 0 unspecified atom stereocenters. The number of anilines is 1. The van der Waals surface area contributed by atoms with Crippen molar-refractivity contribution in [2.24, 2.45) is 0 Å². The fraction of sp³-hybridized carbons (Fsp3) is 0.500. The van der Waals surface area contributed by atoms with Crippen molar-refractivity contribution >= 4 is 27.7 Å². The number of hydrogen-bond donors (Lipinski definition) is 1. The fourth-order valence-electron chi connectivity index (χ4n) is 1.34. The number of aromatic nitrogens is 2. The van der Waals surface area contributed by atoms with Gasteiger partial charge in [0.25, 0.3) is 5.56 Å². The van der Waals surface area contributed by atoms with Crippen LogP contribution in [0.4, 0.5) is 5.82 Å². The summed E-state index contributed by atoms with van der Waals surface area (Å²) in [6.45, 7) is 3.02. The first-order valence-corrected chi connectivity index (χ1v) is 5.94. The summed E-state index contributed by atoms with van der Waals surface area (Å²) in [6, 6.07) is 0. The maximum absolute atomic E-state index is 11.4. The minimum Gasteiger partial charge on any atom is -0.469 e. The van der Waals surface area contributed by atoms with Crippen LogP contribution in [0.2, 0.25) is 0 Å². The van der Waals surface area contributed by atoms with Crippen molar-refractivity contribution in [3.8, 4) is 0 Å². The summed E-state index contributed by atoms with van der Waals surface area (Å²) < 4.78 is 4.94. The topological polar surface area (TPSA) is 75.3 Å². The molecule has 0 amide bonds. The van der Waals surface area contributed by atoms with Gasteiger partial charge >= 0.3 is 5.97 Å². The first-order chi connectivity index (χ1) is 8.10. The highest BCUT2D eigenvalue weighted by Crippen LogP contribution is 2.18. The van der Waals surface area contributed by atoms with E-state index in [-0.39, 0.29) is 17.9 Å². The first-order valence-electron chi connectivity index (χ1n) is 5.15. The number of halogens is 1. The molecule has 1 heterocycles. The number of rotatable bonds is 5. The Morgan fingerprint density at radius 3 is 2.94 bits per heavy atom. The molecule has 0 saturated carbocycles. The van der Waals surface area contributed by atoms with Crippen molar-refractivity contribution in [3.05, 3.63) is 21.2 Å². The van der Waals surface area contributed by atoms with Crippen molar-refractivity contribution in [2.75, 3.05) is 25.1 Å². The lowest BCUT2D eigenvalue weighted by Crippen LogP contribution is -2.29. The predicted molar refractivity (Wildman–Crippen MR) is 67.1 cm³/mol. The zero-order chi connectivity index (χ0) is 12.8. The van der Waals surface area contributed by atoms with Gasteiger partial charge in [-0.25, -0.2) is 4.98 Å². The molecular weight excluding hydrogens is 290 g/mol. The average molecular weight is 304 g/mol. The van der Waals surface area contributed by atoms with Gasteiger partial charge in [0.15, 0.2) is 0 Å². The van der Waals surface area contributed by atoms with E-state index >= 15 is 0 Å². The third kappa shape index (κ3) is 3.55. The molecule has 0 saturated heterocycles. The van der Waals surface area contributed by atoms with E-state index in [9.17, 15) is 9.59 Å². The van der Waals surface area contributed by atoms with Gasteiger partial charge in [0.1, 0.15) is 10.3 Å². The summed E-state index contributed by atoms with van der Waals surface area (Å²) in [5, 5.41) is 0. The molecule has 1 N–H and O–H groups in total. The normalized spacial score (nSPS) is 10.1. The number of hydrogen-bond acceptors (Lipinski definition) is 5. The molecule has 0 bridgehead atoms. The maximum atomic E-state index is 11.4. The van der Waals surface area contributed by atoms with Crippen LogP contribution in [0.5, 0.6) is 0 Å². The highest BCUT2D eigenvalue weighted by atomic mass is 79.9. The van der Waals surface area contributed by atoms with Gasteiger partial charge in [-0.05, 0) is 22.9 Å². The van der Waals surface area contributed by atoms with Crippen LogP contribution >= 0.6 is 15.9 Å². The second-order valence-electron chi connectivity index (χ2n) is 3.28. The molecule has 6 nitrogen and oxygen atoms in total. The van der Waals surface area contributed by atoms with Gasteiger partial charge in [-0.2, -0.15) is 0 Å². The standard InChI is InChI=1S/C10H14BrN3O3/c1-3-14(5-4-7(15)17-2)9-8(11)10(16)13-6-12-9/h6H,3-5H2,1-2H3,(H,12,13,16). The van der Waals surface area contributed by atoms with Crippen molar-refractivity contribution in [3.63, 3.8) is 0 Å². The van der Waals surface area contributed by atoms with Gasteiger partial charge in [-0.1, -0.05) is 0 Å². The number of ether oxygens (including phenoxy) is 1. The minimum absolute atomic E-state index is 0.244. The summed E-state index contributed by atoms with van der Waals surface area (Å²) >= 11 is 3.18. The van der Waals surface area contributed by atoms with E-state index in [0.29, 0.717) is 23.4 Å². The van der Waals surface area contributed by atoms with Crippen LogP contribution in [-0.2, 0) is 9.53 Å². The van der Waals surface area contributed by atoms with Crippen molar-refractivity contribution < 1.29 is 9.53 Å². The number of nitrogens with one attached hydrogen (secondary N) is 1. The maximum Gasteiger partial charge on any atom is 0.307 e. The van der Waals surface area contributed by atoms with E-state index in [4.69, 9.17) is 0 Å². The number of carbonyl (C=O) groups is 1. The monoisotopic (exact) mass is 303 g/mol. The molecule has 0 atom stereocenters. The molecule has 1 aromatic rings. The van der Waals surface area contributed by atoms with E-state index in [2.05, 4.69) is 30.6 Å². The molecule has 0 aliphatic carbocycles. The van der Waals surface area contributed by atoms with Gasteiger partial charge < -0.3 is 14.6 Å². The lowest BCUT2D eigenvalue weighted by atomic mass is 10.3. The van der Waals surface area contributed by atoms with E-state index in [1.165, 1.54) is 13.4 Å². The zero-order valence-electron chi connectivity index (χ0n) is 9.70. The number of carbonyl (C=O) groups excluding carboxylic acids is 1. The van der Waals surface area contributed by atoms with Gasteiger partial charge in [-0.3, -0.25) is 9.59 Å². The molecule has 94 valence electrons. The second-order valence-corrected chi connectivity index (χ2v) is 4.07. The van der Waals surface area contributed by atoms with Crippen LogP contribution in [0.3, 0.4) is 0 Å². The Balaban J connectivity index is 2.83.